The first-order valence-electron chi connectivity index (χ1n) is 7.83. The Kier molecular flexibility index (Phi) is 4.60. The molecule has 24 heavy (non-hydrogen) atoms. The van der Waals surface area contributed by atoms with E-state index >= 15 is 0 Å². The maximum atomic E-state index is 14.3. The number of hydrogen-bond acceptors (Lipinski definition) is 4. The molecule has 0 saturated heterocycles. The zero-order chi connectivity index (χ0) is 17.1. The third-order valence-electron chi connectivity index (χ3n) is 3.91. The number of nitrogens with zero attached hydrogens (tertiary/aromatic N) is 1. The van der Waals surface area contributed by atoms with Gasteiger partial charge in [-0.1, -0.05) is 19.1 Å². The highest BCUT2D eigenvalue weighted by atomic mass is 19.1. The predicted octanol–water partition coefficient (Wildman–Crippen LogP) is 4.31. The number of rotatable bonds is 5. The highest BCUT2D eigenvalue weighted by Crippen LogP contribution is 2.39. The van der Waals surface area contributed by atoms with Crippen LogP contribution in [-0.2, 0) is 0 Å². The highest BCUT2D eigenvalue weighted by molar-refractivity contribution is 6.16. The summed E-state index contributed by atoms with van der Waals surface area (Å²) in [5.41, 5.74) is 1.01. The fourth-order valence-corrected chi connectivity index (χ4v) is 2.66. The van der Waals surface area contributed by atoms with Crippen molar-refractivity contribution in [2.24, 2.45) is 4.99 Å². The lowest BCUT2D eigenvalue weighted by Gasteiger charge is -2.20. The summed E-state index contributed by atoms with van der Waals surface area (Å²) in [6.45, 7) is 2.47. The molecule has 0 bridgehead atoms. The minimum absolute atomic E-state index is 0.00748. The Balaban J connectivity index is 1.98. The van der Waals surface area contributed by atoms with Crippen LogP contribution in [0.2, 0.25) is 0 Å². The zero-order valence-electron chi connectivity index (χ0n) is 13.6. The van der Waals surface area contributed by atoms with Crippen LogP contribution in [0.25, 0.3) is 0 Å². The van der Waals surface area contributed by atoms with Crippen LogP contribution in [0.1, 0.15) is 35.2 Å². The molecule has 0 fully saturated rings. The van der Waals surface area contributed by atoms with E-state index < -0.39 is 11.7 Å². The van der Waals surface area contributed by atoms with Crippen molar-refractivity contribution in [3.63, 3.8) is 0 Å². The fourth-order valence-electron chi connectivity index (χ4n) is 2.66. The predicted molar refractivity (Wildman–Crippen MR) is 90.4 cm³/mol. The molecule has 0 amide bonds. The van der Waals surface area contributed by atoms with Crippen molar-refractivity contribution in [3.8, 4) is 11.5 Å². The summed E-state index contributed by atoms with van der Waals surface area (Å²) in [5, 5.41) is 0. The molecule has 1 aliphatic heterocycles. The molecule has 1 heterocycles. The molecule has 1 unspecified atom stereocenters. The van der Waals surface area contributed by atoms with Gasteiger partial charge in [0.05, 0.1) is 25.2 Å². The number of Topliss-reactive ketones (excluding diaryl/α,β-unsaturated/α-hetero) is 1. The summed E-state index contributed by atoms with van der Waals surface area (Å²) in [6, 6.07) is 9.88. The van der Waals surface area contributed by atoms with Crippen LogP contribution < -0.4 is 9.47 Å². The van der Waals surface area contributed by atoms with Gasteiger partial charge in [-0.2, -0.15) is 0 Å². The van der Waals surface area contributed by atoms with Crippen molar-refractivity contribution >= 4 is 17.7 Å². The third kappa shape index (κ3) is 2.89. The quantitative estimate of drug-likeness (QED) is 0.822. The number of hydrogen-bond donors (Lipinski definition) is 0. The number of fused-ring (bicyclic) bond motifs is 1. The maximum Gasteiger partial charge on any atom is 0.180 e. The summed E-state index contributed by atoms with van der Waals surface area (Å²) in [4.78, 5) is 17.1. The van der Waals surface area contributed by atoms with Crippen molar-refractivity contribution < 1.29 is 18.7 Å². The van der Waals surface area contributed by atoms with Crippen LogP contribution in [0.15, 0.2) is 41.4 Å². The molecule has 0 N–H and O–H groups in total. The van der Waals surface area contributed by atoms with Gasteiger partial charge < -0.3 is 9.47 Å². The molecule has 2 aromatic rings. The van der Waals surface area contributed by atoms with Crippen molar-refractivity contribution in [1.29, 1.82) is 0 Å². The van der Waals surface area contributed by atoms with E-state index in [4.69, 9.17) is 9.47 Å². The summed E-state index contributed by atoms with van der Waals surface area (Å²) >= 11 is 0. The third-order valence-corrected chi connectivity index (χ3v) is 3.91. The number of methoxy groups -OCH3 is 1. The van der Waals surface area contributed by atoms with Gasteiger partial charge in [0.25, 0.3) is 0 Å². The van der Waals surface area contributed by atoms with Crippen LogP contribution in [0, 0.1) is 5.82 Å². The first-order chi connectivity index (χ1) is 11.7. The zero-order valence-corrected chi connectivity index (χ0v) is 13.6. The summed E-state index contributed by atoms with van der Waals surface area (Å²) in [5.74, 6) is -0.370. The average Bonchev–Trinajstić information content (AvgIpc) is 2.61. The Morgan fingerprint density at radius 1 is 1.17 bits per heavy atom. The van der Waals surface area contributed by atoms with Crippen LogP contribution in [0.3, 0.4) is 0 Å². The fraction of sp³-hybridized carbons (Fsp3) is 0.263. The summed E-state index contributed by atoms with van der Waals surface area (Å²) in [6.07, 6.45) is 2.36. The molecule has 2 aromatic carbocycles. The molecule has 3 rings (SSSR count). The maximum absolute atomic E-state index is 14.3. The minimum atomic E-state index is -0.612. The Morgan fingerprint density at radius 3 is 2.58 bits per heavy atom. The lowest BCUT2D eigenvalue weighted by atomic mass is 9.88. The van der Waals surface area contributed by atoms with Gasteiger partial charge in [-0.05, 0) is 36.2 Å². The van der Waals surface area contributed by atoms with E-state index in [0.29, 0.717) is 18.1 Å². The second-order valence-electron chi connectivity index (χ2n) is 5.51. The average molecular weight is 327 g/mol. The number of ether oxygens (including phenoxy) is 2. The van der Waals surface area contributed by atoms with E-state index in [1.807, 2.05) is 6.92 Å². The van der Waals surface area contributed by atoms with Crippen LogP contribution in [-0.4, -0.2) is 25.7 Å². The SMILES string of the molecule is CCCOc1ccc(F)c2c1N=CC(c1ccc(OC)cc1)C2=O. The Morgan fingerprint density at radius 2 is 1.92 bits per heavy atom. The normalized spacial score (nSPS) is 16.0. The topological polar surface area (TPSA) is 47.9 Å². The smallest absolute Gasteiger partial charge is 0.180 e. The number of carbonyl (C=O) groups excluding carboxylic acids is 1. The molecule has 0 aromatic heterocycles. The number of benzene rings is 2. The Bertz CT molecular complexity index is 784. The van der Waals surface area contributed by atoms with E-state index in [2.05, 4.69) is 4.99 Å². The molecule has 4 nitrogen and oxygen atoms in total. The molecule has 124 valence electrons. The second kappa shape index (κ2) is 6.83. The second-order valence-corrected chi connectivity index (χ2v) is 5.51. The van der Waals surface area contributed by atoms with Crippen molar-refractivity contribution in [2.45, 2.75) is 19.3 Å². The standard InChI is InChI=1S/C19H18FNO3/c1-3-10-24-16-9-8-15(20)17-18(16)21-11-14(19(17)22)12-4-6-13(23-2)7-5-12/h4-9,11,14H,3,10H2,1-2H3. The van der Waals surface area contributed by atoms with Crippen molar-refractivity contribution in [3.05, 3.63) is 53.3 Å². The van der Waals surface area contributed by atoms with Gasteiger partial charge in [-0.3, -0.25) is 9.79 Å². The number of halogens is 1. The minimum Gasteiger partial charge on any atom is -0.497 e. The molecule has 0 saturated carbocycles. The molecule has 5 heteroatoms. The number of ketones is 1. The van der Waals surface area contributed by atoms with Gasteiger partial charge in [0.2, 0.25) is 0 Å². The van der Waals surface area contributed by atoms with E-state index in [-0.39, 0.29) is 17.0 Å². The van der Waals surface area contributed by atoms with Crippen molar-refractivity contribution in [1.82, 2.24) is 0 Å². The van der Waals surface area contributed by atoms with E-state index in [1.165, 1.54) is 12.1 Å². The lowest BCUT2D eigenvalue weighted by Crippen LogP contribution is -2.19. The van der Waals surface area contributed by atoms with Crippen LogP contribution in [0.5, 0.6) is 11.5 Å². The van der Waals surface area contributed by atoms with Gasteiger partial charge in [-0.15, -0.1) is 0 Å². The first-order valence-corrected chi connectivity index (χ1v) is 7.83. The molecule has 0 spiro atoms. The molecule has 0 radical (unpaired) electrons. The molecular weight excluding hydrogens is 309 g/mol. The molecule has 0 aliphatic carbocycles. The van der Waals surface area contributed by atoms with Gasteiger partial charge >= 0.3 is 0 Å². The monoisotopic (exact) mass is 327 g/mol. The summed E-state index contributed by atoms with van der Waals surface area (Å²) in [7, 11) is 1.58. The van der Waals surface area contributed by atoms with Gasteiger partial charge in [0.1, 0.15) is 23.0 Å². The van der Waals surface area contributed by atoms with E-state index in [1.54, 1.807) is 37.6 Å². The number of carbonyl (C=O) groups is 1. The van der Waals surface area contributed by atoms with Crippen LogP contribution in [0.4, 0.5) is 10.1 Å². The molecular formula is C19H18FNO3. The lowest BCUT2D eigenvalue weighted by molar-refractivity contribution is 0.0978. The van der Waals surface area contributed by atoms with E-state index in [0.717, 1.165) is 12.0 Å². The van der Waals surface area contributed by atoms with Gasteiger partial charge in [0.15, 0.2) is 5.78 Å². The van der Waals surface area contributed by atoms with Crippen molar-refractivity contribution in [2.75, 3.05) is 13.7 Å². The van der Waals surface area contributed by atoms with E-state index in [9.17, 15) is 9.18 Å². The van der Waals surface area contributed by atoms with Gasteiger partial charge in [0, 0.05) is 6.21 Å². The Hall–Kier alpha value is -2.69. The molecule has 1 aliphatic rings. The Labute approximate surface area is 139 Å². The summed E-state index contributed by atoms with van der Waals surface area (Å²) < 4.78 is 25.0. The first kappa shape index (κ1) is 16.2. The largest absolute Gasteiger partial charge is 0.497 e. The van der Waals surface area contributed by atoms with Gasteiger partial charge in [-0.25, -0.2) is 4.39 Å². The molecule has 1 atom stereocenters. The number of aliphatic imine (C=N–C) groups is 1. The van der Waals surface area contributed by atoms with Crippen LogP contribution >= 0.6 is 0 Å². The highest BCUT2D eigenvalue weighted by Gasteiger charge is 2.31.